The first kappa shape index (κ1) is 15.2. The normalized spacial score (nSPS) is 11.1. The minimum absolute atomic E-state index is 0.00569. The van der Waals surface area contributed by atoms with Gasteiger partial charge in [-0.05, 0) is 24.3 Å². The van der Waals surface area contributed by atoms with Crippen molar-refractivity contribution in [3.8, 4) is 0 Å². The van der Waals surface area contributed by atoms with Crippen LogP contribution in [-0.4, -0.2) is 13.3 Å². The van der Waals surface area contributed by atoms with E-state index >= 15 is 0 Å². The van der Waals surface area contributed by atoms with Crippen LogP contribution in [0.3, 0.4) is 0 Å². The lowest BCUT2D eigenvalue weighted by molar-refractivity contribution is -0.384. The predicted octanol–water partition coefficient (Wildman–Crippen LogP) is 3.19. The Kier molecular flexibility index (Phi) is 4.10. The first-order valence-electron chi connectivity index (χ1n) is 5.52. The van der Waals surface area contributed by atoms with E-state index in [0.29, 0.717) is 0 Å². The Labute approximate surface area is 124 Å². The van der Waals surface area contributed by atoms with Gasteiger partial charge in [-0.2, -0.15) is 0 Å². The summed E-state index contributed by atoms with van der Waals surface area (Å²) >= 11 is 5.68. The second kappa shape index (κ2) is 5.66. The number of nitrogens with zero attached hydrogens (tertiary/aromatic N) is 1. The van der Waals surface area contributed by atoms with Crippen molar-refractivity contribution >= 4 is 33.0 Å². The monoisotopic (exact) mass is 330 g/mol. The van der Waals surface area contributed by atoms with Gasteiger partial charge in [0.1, 0.15) is 15.7 Å². The highest BCUT2D eigenvalue weighted by Gasteiger charge is 2.20. The molecule has 0 aromatic heterocycles. The fraction of sp³-hybridized carbons (Fsp3) is 0. The number of sulfonamides is 1. The van der Waals surface area contributed by atoms with Crippen LogP contribution in [0.25, 0.3) is 0 Å². The summed E-state index contributed by atoms with van der Waals surface area (Å²) in [7, 11) is -4.15. The molecule has 9 heteroatoms. The van der Waals surface area contributed by atoms with Crippen LogP contribution < -0.4 is 4.72 Å². The molecular formula is C12H8ClFN2O4S. The lowest BCUT2D eigenvalue weighted by Gasteiger charge is -2.09. The highest BCUT2D eigenvalue weighted by Crippen LogP contribution is 2.28. The maximum Gasteiger partial charge on any atom is 0.288 e. The minimum Gasteiger partial charge on any atom is -0.279 e. The number of rotatable bonds is 4. The summed E-state index contributed by atoms with van der Waals surface area (Å²) in [6.07, 6.45) is 0. The van der Waals surface area contributed by atoms with Gasteiger partial charge >= 0.3 is 0 Å². The van der Waals surface area contributed by atoms with Gasteiger partial charge in [0.2, 0.25) is 0 Å². The quantitative estimate of drug-likeness (QED) is 0.688. The van der Waals surface area contributed by atoms with Crippen LogP contribution >= 0.6 is 11.6 Å². The Bertz CT molecular complexity index is 811. The zero-order chi connectivity index (χ0) is 15.6. The topological polar surface area (TPSA) is 89.3 Å². The summed E-state index contributed by atoms with van der Waals surface area (Å²) in [6, 6.07) is 8.15. The van der Waals surface area contributed by atoms with E-state index in [0.717, 1.165) is 24.3 Å². The lowest BCUT2D eigenvalue weighted by Crippen LogP contribution is -2.14. The minimum atomic E-state index is -4.15. The second-order valence-corrected chi connectivity index (χ2v) is 6.02. The van der Waals surface area contributed by atoms with E-state index in [1.807, 2.05) is 0 Å². The van der Waals surface area contributed by atoms with Gasteiger partial charge in [0, 0.05) is 6.07 Å². The van der Waals surface area contributed by atoms with Gasteiger partial charge in [0.25, 0.3) is 15.7 Å². The van der Waals surface area contributed by atoms with Crippen molar-refractivity contribution in [1.29, 1.82) is 0 Å². The van der Waals surface area contributed by atoms with E-state index in [9.17, 15) is 22.9 Å². The molecule has 0 aliphatic heterocycles. The first-order chi connectivity index (χ1) is 9.81. The molecule has 0 amide bonds. The van der Waals surface area contributed by atoms with Gasteiger partial charge in [-0.1, -0.05) is 23.7 Å². The van der Waals surface area contributed by atoms with Crippen LogP contribution in [0.1, 0.15) is 0 Å². The Morgan fingerprint density at radius 2 is 1.86 bits per heavy atom. The molecule has 0 aliphatic rings. The van der Waals surface area contributed by atoms with Crippen molar-refractivity contribution in [3.63, 3.8) is 0 Å². The van der Waals surface area contributed by atoms with Crippen LogP contribution in [0.15, 0.2) is 47.4 Å². The Balaban J connectivity index is 2.36. The van der Waals surface area contributed by atoms with Crippen LogP contribution in [0, 0.1) is 15.9 Å². The fourth-order valence-electron chi connectivity index (χ4n) is 1.59. The van der Waals surface area contributed by atoms with Crippen molar-refractivity contribution in [2.75, 3.05) is 4.72 Å². The van der Waals surface area contributed by atoms with E-state index in [1.54, 1.807) is 0 Å². The highest BCUT2D eigenvalue weighted by atomic mass is 35.5. The zero-order valence-electron chi connectivity index (χ0n) is 10.3. The molecule has 0 heterocycles. The Morgan fingerprint density at radius 3 is 2.43 bits per heavy atom. The molecule has 6 nitrogen and oxygen atoms in total. The summed E-state index contributed by atoms with van der Waals surface area (Å²) in [6.45, 7) is 0. The third-order valence-corrected chi connectivity index (χ3v) is 4.24. The van der Waals surface area contributed by atoms with Gasteiger partial charge in [-0.15, -0.1) is 0 Å². The van der Waals surface area contributed by atoms with Crippen molar-refractivity contribution < 1.29 is 17.7 Å². The number of nitrogens with one attached hydrogen (secondary N) is 1. The van der Waals surface area contributed by atoms with E-state index in [-0.39, 0.29) is 16.4 Å². The molecule has 2 rings (SSSR count). The number of hydrogen-bond acceptors (Lipinski definition) is 4. The highest BCUT2D eigenvalue weighted by molar-refractivity contribution is 7.92. The molecule has 0 spiro atoms. The number of hydrogen-bond donors (Lipinski definition) is 1. The molecule has 0 saturated carbocycles. The summed E-state index contributed by atoms with van der Waals surface area (Å²) in [5.41, 5.74) is -0.362. The Morgan fingerprint density at radius 1 is 1.19 bits per heavy atom. The number of anilines is 1. The molecule has 21 heavy (non-hydrogen) atoms. The summed E-state index contributed by atoms with van der Waals surface area (Å²) in [5.74, 6) is -0.905. The Hall–Kier alpha value is -2.19. The van der Waals surface area contributed by atoms with E-state index in [4.69, 9.17) is 11.6 Å². The van der Waals surface area contributed by atoms with E-state index in [2.05, 4.69) is 4.72 Å². The van der Waals surface area contributed by atoms with Gasteiger partial charge in [-0.25, -0.2) is 12.8 Å². The van der Waals surface area contributed by atoms with Crippen molar-refractivity contribution in [2.45, 2.75) is 4.90 Å². The molecule has 0 bridgehead atoms. The summed E-state index contributed by atoms with van der Waals surface area (Å²) in [5, 5.41) is 10.4. The molecule has 0 radical (unpaired) electrons. The second-order valence-electron chi connectivity index (χ2n) is 3.96. The standard InChI is InChI=1S/C12H8ClFN2O4S/c13-9-7-8(5-6-11(9)16(17)18)15-21(19,20)12-4-2-1-3-10(12)14/h1-7,15H. The molecule has 1 N–H and O–H groups in total. The van der Waals surface area contributed by atoms with Crippen molar-refractivity contribution in [1.82, 2.24) is 0 Å². The smallest absolute Gasteiger partial charge is 0.279 e. The van der Waals surface area contributed by atoms with Crippen LogP contribution in [0.4, 0.5) is 15.8 Å². The average molecular weight is 331 g/mol. The summed E-state index contributed by atoms with van der Waals surface area (Å²) in [4.78, 5) is 9.39. The average Bonchev–Trinajstić information content (AvgIpc) is 2.38. The predicted molar refractivity (Wildman–Crippen MR) is 75.3 cm³/mol. The largest absolute Gasteiger partial charge is 0.288 e. The number of nitro benzene ring substituents is 1. The van der Waals surface area contributed by atoms with Crippen LogP contribution in [-0.2, 0) is 10.0 Å². The molecule has 0 aliphatic carbocycles. The lowest BCUT2D eigenvalue weighted by atomic mass is 10.3. The third-order valence-electron chi connectivity index (χ3n) is 2.52. The van der Waals surface area contributed by atoms with Gasteiger partial charge < -0.3 is 0 Å². The van der Waals surface area contributed by atoms with Gasteiger partial charge in [0.05, 0.1) is 10.6 Å². The number of benzene rings is 2. The molecule has 110 valence electrons. The van der Waals surface area contributed by atoms with E-state index in [1.165, 1.54) is 18.2 Å². The van der Waals surface area contributed by atoms with Gasteiger partial charge in [-0.3, -0.25) is 14.8 Å². The third kappa shape index (κ3) is 3.29. The van der Waals surface area contributed by atoms with Crippen molar-refractivity contribution in [3.05, 3.63) is 63.4 Å². The van der Waals surface area contributed by atoms with Gasteiger partial charge in [0.15, 0.2) is 0 Å². The molecule has 0 atom stereocenters. The number of halogens is 2. The zero-order valence-corrected chi connectivity index (χ0v) is 11.9. The van der Waals surface area contributed by atoms with Crippen molar-refractivity contribution in [2.24, 2.45) is 0 Å². The molecule has 2 aromatic carbocycles. The fourth-order valence-corrected chi connectivity index (χ4v) is 2.97. The molecule has 2 aromatic rings. The first-order valence-corrected chi connectivity index (χ1v) is 7.38. The van der Waals surface area contributed by atoms with Crippen LogP contribution in [0.5, 0.6) is 0 Å². The summed E-state index contributed by atoms with van der Waals surface area (Å²) < 4.78 is 39.7. The maximum atomic E-state index is 13.5. The SMILES string of the molecule is O=[N+]([O-])c1ccc(NS(=O)(=O)c2ccccc2F)cc1Cl. The number of nitro groups is 1. The molecule has 0 unspecified atom stereocenters. The molecule has 0 saturated heterocycles. The van der Waals surface area contributed by atoms with E-state index < -0.39 is 25.7 Å². The maximum absolute atomic E-state index is 13.5. The molecule has 0 fully saturated rings. The molecular weight excluding hydrogens is 323 g/mol. The van der Waals surface area contributed by atoms with Crippen LogP contribution in [0.2, 0.25) is 5.02 Å².